The first-order valence-corrected chi connectivity index (χ1v) is 7.59. The molecule has 2 fully saturated rings. The van der Waals surface area contributed by atoms with Gasteiger partial charge in [0, 0.05) is 24.7 Å². The fourth-order valence-corrected chi connectivity index (χ4v) is 3.33. The number of nitrogens with one attached hydrogen (secondary N) is 2. The van der Waals surface area contributed by atoms with Gasteiger partial charge in [0.1, 0.15) is 0 Å². The molecule has 2 unspecified atom stereocenters. The van der Waals surface area contributed by atoms with Crippen LogP contribution in [0.3, 0.4) is 0 Å². The highest BCUT2D eigenvalue weighted by Crippen LogP contribution is 2.32. The van der Waals surface area contributed by atoms with Gasteiger partial charge in [-0.05, 0) is 38.6 Å². The van der Waals surface area contributed by atoms with E-state index in [2.05, 4.69) is 41.5 Å². The van der Waals surface area contributed by atoms with Crippen molar-refractivity contribution in [3.63, 3.8) is 0 Å². The largest absolute Gasteiger partial charge is 0.352 e. The van der Waals surface area contributed by atoms with Crippen LogP contribution in [0.4, 0.5) is 0 Å². The Bertz CT molecular complexity index is 301. The van der Waals surface area contributed by atoms with E-state index in [1.165, 1.54) is 32.1 Å². The van der Waals surface area contributed by atoms with Gasteiger partial charge >= 0.3 is 0 Å². The minimum atomic E-state index is 0.508. The lowest BCUT2D eigenvalue weighted by Crippen LogP contribution is -2.57. The topological polar surface area (TPSA) is 65.7 Å². The van der Waals surface area contributed by atoms with Crippen LogP contribution in [0.5, 0.6) is 0 Å². The van der Waals surface area contributed by atoms with Crippen molar-refractivity contribution in [3.8, 4) is 0 Å². The molecule has 0 aliphatic carbocycles. The van der Waals surface area contributed by atoms with Crippen molar-refractivity contribution in [2.24, 2.45) is 16.8 Å². The summed E-state index contributed by atoms with van der Waals surface area (Å²) in [6.45, 7) is 5.14. The molecule has 0 spiro atoms. The van der Waals surface area contributed by atoms with Gasteiger partial charge in [0.25, 0.3) is 0 Å². The van der Waals surface area contributed by atoms with Crippen molar-refractivity contribution in [3.05, 3.63) is 0 Å². The molecule has 0 aromatic heterocycles. The van der Waals surface area contributed by atoms with E-state index >= 15 is 0 Å². The first-order chi connectivity index (χ1) is 9.10. The van der Waals surface area contributed by atoms with Crippen LogP contribution in [-0.2, 0) is 0 Å². The van der Waals surface area contributed by atoms with E-state index in [9.17, 15) is 0 Å². The second-order valence-corrected chi connectivity index (χ2v) is 6.44. The highest BCUT2D eigenvalue weighted by molar-refractivity contribution is 5.79. The average molecular weight is 267 g/mol. The predicted molar refractivity (Wildman–Crippen MR) is 79.8 cm³/mol. The number of hydrazine groups is 1. The highest BCUT2D eigenvalue weighted by Gasteiger charge is 2.36. The quantitative estimate of drug-likeness (QED) is 0.310. The van der Waals surface area contributed by atoms with E-state index in [0.29, 0.717) is 12.0 Å². The molecule has 110 valence electrons. The summed E-state index contributed by atoms with van der Waals surface area (Å²) in [6.07, 6.45) is 6.46. The van der Waals surface area contributed by atoms with Crippen LogP contribution in [0.1, 0.15) is 46.0 Å². The molecule has 2 aliphatic rings. The highest BCUT2D eigenvalue weighted by atomic mass is 15.3. The summed E-state index contributed by atoms with van der Waals surface area (Å²) in [4.78, 5) is 7.08. The van der Waals surface area contributed by atoms with E-state index < -0.39 is 0 Å². The molecule has 2 rings (SSSR count). The molecule has 0 aromatic carbocycles. The Kier molecular flexibility index (Phi) is 5.05. The van der Waals surface area contributed by atoms with E-state index in [4.69, 9.17) is 5.84 Å². The number of hydrogen-bond donors (Lipinski definition) is 3. The van der Waals surface area contributed by atoms with Crippen molar-refractivity contribution in [1.82, 2.24) is 15.6 Å². The lowest BCUT2D eigenvalue weighted by atomic mass is 9.82. The Morgan fingerprint density at radius 2 is 1.95 bits per heavy atom. The molecule has 2 heterocycles. The number of hydrogen-bond acceptors (Lipinski definition) is 3. The lowest BCUT2D eigenvalue weighted by Gasteiger charge is -2.47. The van der Waals surface area contributed by atoms with E-state index in [0.717, 1.165) is 24.6 Å². The number of aliphatic imine (C=N–C) groups is 1. The molecule has 5 heteroatoms. The summed E-state index contributed by atoms with van der Waals surface area (Å²) >= 11 is 0. The van der Waals surface area contributed by atoms with Gasteiger partial charge in [0.15, 0.2) is 0 Å². The van der Waals surface area contributed by atoms with Crippen molar-refractivity contribution in [2.75, 3.05) is 13.6 Å². The molecule has 0 radical (unpaired) electrons. The zero-order valence-corrected chi connectivity index (χ0v) is 12.5. The third kappa shape index (κ3) is 3.83. The Morgan fingerprint density at radius 3 is 2.47 bits per heavy atom. The number of piperidine rings is 2. The number of fused-ring (bicyclic) bond motifs is 2. The molecule has 0 saturated carbocycles. The summed E-state index contributed by atoms with van der Waals surface area (Å²) in [6, 6.07) is 1.97. The zero-order valence-electron chi connectivity index (χ0n) is 12.5. The Balaban J connectivity index is 1.90. The third-order valence-corrected chi connectivity index (χ3v) is 4.43. The van der Waals surface area contributed by atoms with Gasteiger partial charge in [-0.3, -0.25) is 10.4 Å². The number of guanidine groups is 1. The molecule has 2 aliphatic heterocycles. The van der Waals surface area contributed by atoms with Crippen LogP contribution in [-0.4, -0.2) is 42.6 Å². The first kappa shape index (κ1) is 14.6. The Hall–Kier alpha value is -0.810. The molecular formula is C14H29N5. The van der Waals surface area contributed by atoms with Gasteiger partial charge in [0.05, 0.1) is 0 Å². The Morgan fingerprint density at radius 1 is 1.32 bits per heavy atom. The van der Waals surface area contributed by atoms with Gasteiger partial charge in [-0.1, -0.05) is 20.3 Å². The van der Waals surface area contributed by atoms with Crippen LogP contribution < -0.4 is 16.6 Å². The van der Waals surface area contributed by atoms with Crippen LogP contribution in [0, 0.1) is 5.92 Å². The molecule has 2 bridgehead atoms. The maximum atomic E-state index is 5.57. The summed E-state index contributed by atoms with van der Waals surface area (Å²) in [5, 5.41) is 3.50. The molecule has 4 N–H and O–H groups in total. The van der Waals surface area contributed by atoms with Gasteiger partial charge < -0.3 is 10.2 Å². The number of nitrogens with zero attached hydrogens (tertiary/aromatic N) is 2. The Labute approximate surface area is 117 Å². The average Bonchev–Trinajstić information content (AvgIpc) is 2.35. The lowest BCUT2D eigenvalue weighted by molar-refractivity contribution is 0.0526. The van der Waals surface area contributed by atoms with Crippen LogP contribution in [0.15, 0.2) is 4.99 Å². The molecule has 2 atom stereocenters. The van der Waals surface area contributed by atoms with E-state index in [1.54, 1.807) is 0 Å². The molecule has 0 amide bonds. The fourth-order valence-electron chi connectivity index (χ4n) is 3.33. The maximum Gasteiger partial charge on any atom is 0.205 e. The van der Waals surface area contributed by atoms with E-state index in [-0.39, 0.29) is 0 Å². The minimum Gasteiger partial charge on any atom is -0.352 e. The van der Waals surface area contributed by atoms with Gasteiger partial charge in [-0.25, -0.2) is 5.84 Å². The summed E-state index contributed by atoms with van der Waals surface area (Å²) in [7, 11) is 2.28. The molecule has 0 aromatic rings. The van der Waals surface area contributed by atoms with Crippen LogP contribution in [0.2, 0.25) is 0 Å². The first-order valence-electron chi connectivity index (χ1n) is 7.59. The van der Waals surface area contributed by atoms with Crippen molar-refractivity contribution in [1.29, 1.82) is 0 Å². The minimum absolute atomic E-state index is 0.508. The molecule has 19 heavy (non-hydrogen) atoms. The smallest absolute Gasteiger partial charge is 0.205 e. The second kappa shape index (κ2) is 6.57. The van der Waals surface area contributed by atoms with Crippen LogP contribution in [0.25, 0.3) is 0 Å². The summed E-state index contributed by atoms with van der Waals surface area (Å²) < 4.78 is 0. The normalized spacial score (nSPS) is 32.5. The standard InChI is InChI=1S/C14H29N5/c1-10(2)9-16-14(18-15)17-11-7-12-5-4-6-13(8-11)19(12)3/h10-13H,4-9,15H2,1-3H3,(H2,16,17,18). The number of rotatable bonds is 3. The SMILES string of the molecule is CC(C)CN=C(NN)NC1CC2CCCC(C1)N2C. The second-order valence-electron chi connectivity index (χ2n) is 6.44. The van der Waals surface area contributed by atoms with Gasteiger partial charge in [-0.15, -0.1) is 0 Å². The van der Waals surface area contributed by atoms with Gasteiger partial charge in [-0.2, -0.15) is 0 Å². The van der Waals surface area contributed by atoms with Crippen molar-refractivity contribution < 1.29 is 0 Å². The van der Waals surface area contributed by atoms with Crippen molar-refractivity contribution in [2.45, 2.75) is 64.1 Å². The van der Waals surface area contributed by atoms with Crippen molar-refractivity contribution >= 4 is 5.96 Å². The van der Waals surface area contributed by atoms with E-state index in [1.807, 2.05) is 0 Å². The fraction of sp³-hybridized carbons (Fsp3) is 0.929. The molecule has 5 nitrogen and oxygen atoms in total. The summed E-state index contributed by atoms with van der Waals surface area (Å²) in [5.74, 6) is 6.87. The molecule has 2 saturated heterocycles. The monoisotopic (exact) mass is 267 g/mol. The number of nitrogens with two attached hydrogens (primary N) is 1. The zero-order chi connectivity index (χ0) is 13.8. The molecular weight excluding hydrogens is 238 g/mol. The van der Waals surface area contributed by atoms with Gasteiger partial charge in [0.2, 0.25) is 5.96 Å². The maximum absolute atomic E-state index is 5.57. The third-order valence-electron chi connectivity index (χ3n) is 4.43. The van der Waals surface area contributed by atoms with Crippen LogP contribution >= 0.6 is 0 Å². The predicted octanol–water partition coefficient (Wildman–Crippen LogP) is 1.07. The summed E-state index contributed by atoms with van der Waals surface area (Å²) in [5.41, 5.74) is 2.71.